The van der Waals surface area contributed by atoms with E-state index in [0.29, 0.717) is 52.2 Å². The molecule has 1 amide bonds. The normalized spacial score (nSPS) is 17.6. The molecule has 0 unspecified atom stereocenters. The van der Waals surface area contributed by atoms with E-state index in [-0.39, 0.29) is 18.1 Å². The molecular weight excluding hydrogens is 434 g/mol. The number of esters is 1. The predicted octanol–water partition coefficient (Wildman–Crippen LogP) is 0.492. The minimum Gasteiger partial charge on any atom is -0.459 e. The van der Waals surface area contributed by atoms with Crippen molar-refractivity contribution in [3.63, 3.8) is 0 Å². The van der Waals surface area contributed by atoms with E-state index in [1.165, 1.54) is 18.4 Å². The molecule has 0 bridgehead atoms. The molecule has 2 aromatic heterocycles. The maximum atomic E-state index is 12.7. The summed E-state index contributed by atoms with van der Waals surface area (Å²) >= 11 is 1.18. The fourth-order valence-corrected chi connectivity index (χ4v) is 4.86. The van der Waals surface area contributed by atoms with Gasteiger partial charge in [0.15, 0.2) is 0 Å². The second-order valence-electron chi connectivity index (χ2n) is 8.27. The van der Waals surface area contributed by atoms with Gasteiger partial charge < -0.3 is 19.8 Å². The van der Waals surface area contributed by atoms with Gasteiger partial charge in [0.25, 0.3) is 5.56 Å². The summed E-state index contributed by atoms with van der Waals surface area (Å²) in [6.45, 7) is 6.32. The summed E-state index contributed by atoms with van der Waals surface area (Å²) < 4.78 is 10.1. The van der Waals surface area contributed by atoms with Crippen LogP contribution in [0.25, 0.3) is 10.2 Å². The number of nitrogens with zero attached hydrogens (tertiary/aromatic N) is 3. The van der Waals surface area contributed by atoms with Crippen molar-refractivity contribution in [1.29, 1.82) is 0 Å². The number of piperazine rings is 1. The standard InChI is InChI=1S/C21H29N5O5S/c1-13-17-19(28)23-15(24-20(17)32-18(13)21(29)31-10-9-30-2)11-25-5-7-26(8-6-25)12-16(27)22-14-3-4-14/h14H,3-12H2,1-2H3,(H,22,27)(H,23,24,28). The van der Waals surface area contributed by atoms with Crippen molar-refractivity contribution in [2.24, 2.45) is 0 Å². The van der Waals surface area contributed by atoms with Gasteiger partial charge in [-0.3, -0.25) is 19.4 Å². The first-order chi connectivity index (χ1) is 15.4. The lowest BCUT2D eigenvalue weighted by Crippen LogP contribution is -2.49. The molecule has 10 nitrogen and oxygen atoms in total. The number of H-pyrrole nitrogens is 1. The van der Waals surface area contributed by atoms with Crippen molar-refractivity contribution in [2.45, 2.75) is 32.4 Å². The molecule has 2 fully saturated rings. The van der Waals surface area contributed by atoms with Crippen LogP contribution < -0.4 is 10.9 Å². The van der Waals surface area contributed by atoms with Gasteiger partial charge in [0.1, 0.15) is 22.1 Å². The number of methoxy groups -OCH3 is 1. The van der Waals surface area contributed by atoms with Crippen LogP contribution in [0, 0.1) is 6.92 Å². The van der Waals surface area contributed by atoms with Crippen LogP contribution in [0.5, 0.6) is 0 Å². The van der Waals surface area contributed by atoms with E-state index in [9.17, 15) is 14.4 Å². The van der Waals surface area contributed by atoms with Gasteiger partial charge in [-0.15, -0.1) is 11.3 Å². The molecule has 11 heteroatoms. The number of carbonyl (C=O) groups excluding carboxylic acids is 2. The average molecular weight is 464 g/mol. The van der Waals surface area contributed by atoms with Gasteiger partial charge in [-0.05, 0) is 25.3 Å². The molecule has 0 spiro atoms. The van der Waals surface area contributed by atoms with Crippen molar-refractivity contribution in [3.8, 4) is 0 Å². The van der Waals surface area contributed by atoms with E-state index >= 15 is 0 Å². The Kier molecular flexibility index (Phi) is 7.19. The van der Waals surface area contributed by atoms with Crippen LogP contribution in [0.4, 0.5) is 0 Å². The molecule has 1 saturated heterocycles. The van der Waals surface area contributed by atoms with Crippen molar-refractivity contribution in [3.05, 3.63) is 26.6 Å². The van der Waals surface area contributed by atoms with E-state index in [0.717, 1.165) is 39.0 Å². The molecule has 2 N–H and O–H groups in total. The summed E-state index contributed by atoms with van der Waals surface area (Å²) in [5, 5.41) is 3.46. The van der Waals surface area contributed by atoms with E-state index in [2.05, 4.69) is 25.1 Å². The first-order valence-corrected chi connectivity index (χ1v) is 11.7. The van der Waals surface area contributed by atoms with Crippen LogP contribution in [0.3, 0.4) is 0 Å². The fraction of sp³-hybridized carbons (Fsp3) is 0.619. The number of thiophene rings is 1. The second-order valence-corrected chi connectivity index (χ2v) is 9.27. The third-order valence-electron chi connectivity index (χ3n) is 5.70. The number of amides is 1. The average Bonchev–Trinajstić information content (AvgIpc) is 3.50. The van der Waals surface area contributed by atoms with Gasteiger partial charge in [0.2, 0.25) is 5.91 Å². The summed E-state index contributed by atoms with van der Waals surface area (Å²) in [5.74, 6) is 0.204. The molecule has 0 radical (unpaired) electrons. The summed E-state index contributed by atoms with van der Waals surface area (Å²) in [6.07, 6.45) is 2.19. The van der Waals surface area contributed by atoms with Crippen molar-refractivity contribution >= 4 is 33.4 Å². The maximum Gasteiger partial charge on any atom is 0.348 e. The van der Waals surface area contributed by atoms with Crippen LogP contribution in [0.1, 0.15) is 33.9 Å². The highest BCUT2D eigenvalue weighted by atomic mass is 32.1. The summed E-state index contributed by atoms with van der Waals surface area (Å²) in [4.78, 5) is 49.8. The molecule has 1 aliphatic carbocycles. The van der Waals surface area contributed by atoms with Crippen LogP contribution in [-0.2, 0) is 20.8 Å². The van der Waals surface area contributed by atoms with Gasteiger partial charge >= 0.3 is 5.97 Å². The SMILES string of the molecule is COCCOC(=O)c1sc2nc(CN3CCN(CC(=O)NC4CC4)CC3)[nH]c(=O)c2c1C. The molecule has 4 rings (SSSR count). The van der Waals surface area contributed by atoms with Crippen LogP contribution in [0.2, 0.25) is 0 Å². The third-order valence-corrected chi connectivity index (χ3v) is 6.87. The Labute approximate surface area is 189 Å². The van der Waals surface area contributed by atoms with Crippen molar-refractivity contribution in [2.75, 3.05) is 53.0 Å². The zero-order valence-electron chi connectivity index (χ0n) is 18.4. The lowest BCUT2D eigenvalue weighted by molar-refractivity contribution is -0.122. The molecule has 2 aromatic rings. The Hall–Kier alpha value is -2.34. The number of ether oxygens (including phenoxy) is 2. The number of fused-ring (bicyclic) bond motifs is 1. The molecule has 174 valence electrons. The number of rotatable bonds is 9. The zero-order valence-corrected chi connectivity index (χ0v) is 19.3. The van der Waals surface area contributed by atoms with Crippen LogP contribution in [0.15, 0.2) is 4.79 Å². The van der Waals surface area contributed by atoms with Crippen molar-refractivity contribution in [1.82, 2.24) is 25.1 Å². The summed E-state index contributed by atoms with van der Waals surface area (Å²) in [6, 6.07) is 0.384. The van der Waals surface area contributed by atoms with Gasteiger partial charge in [-0.2, -0.15) is 0 Å². The van der Waals surface area contributed by atoms with Crippen molar-refractivity contribution < 1.29 is 19.1 Å². The molecule has 0 atom stereocenters. The van der Waals surface area contributed by atoms with Gasteiger partial charge in [0.05, 0.1) is 25.1 Å². The lowest BCUT2D eigenvalue weighted by Gasteiger charge is -2.33. The highest BCUT2D eigenvalue weighted by Crippen LogP contribution is 2.27. The third kappa shape index (κ3) is 5.52. The highest BCUT2D eigenvalue weighted by Gasteiger charge is 2.26. The van der Waals surface area contributed by atoms with Crippen LogP contribution in [-0.4, -0.2) is 90.7 Å². The lowest BCUT2D eigenvalue weighted by atomic mass is 10.2. The monoisotopic (exact) mass is 463 g/mol. The van der Waals surface area contributed by atoms with E-state index in [1.54, 1.807) is 6.92 Å². The number of hydrogen-bond acceptors (Lipinski definition) is 9. The molecule has 1 saturated carbocycles. The molecule has 0 aromatic carbocycles. The smallest absolute Gasteiger partial charge is 0.348 e. The van der Waals surface area contributed by atoms with E-state index in [4.69, 9.17) is 9.47 Å². The topological polar surface area (TPSA) is 117 Å². The second kappa shape index (κ2) is 10.1. The maximum absolute atomic E-state index is 12.7. The minimum absolute atomic E-state index is 0.0991. The number of aryl methyl sites for hydroxylation is 1. The molecular formula is C21H29N5O5S. The molecule has 2 aliphatic rings. The Morgan fingerprint density at radius 3 is 2.59 bits per heavy atom. The number of aromatic amines is 1. The van der Waals surface area contributed by atoms with Gasteiger partial charge in [-0.25, -0.2) is 9.78 Å². The fourth-order valence-electron chi connectivity index (χ4n) is 3.76. The quantitative estimate of drug-likeness (QED) is 0.408. The molecule has 32 heavy (non-hydrogen) atoms. The predicted molar refractivity (Wildman–Crippen MR) is 120 cm³/mol. The largest absolute Gasteiger partial charge is 0.459 e. The van der Waals surface area contributed by atoms with E-state index < -0.39 is 5.97 Å². The Balaban J connectivity index is 1.37. The number of aromatic nitrogens is 2. The van der Waals surface area contributed by atoms with E-state index in [1.807, 2.05) is 0 Å². The van der Waals surface area contributed by atoms with Gasteiger partial charge in [-0.1, -0.05) is 0 Å². The number of hydrogen-bond donors (Lipinski definition) is 2. The molecule has 1 aliphatic heterocycles. The first kappa shape index (κ1) is 22.8. The number of nitrogens with one attached hydrogen (secondary N) is 2. The summed E-state index contributed by atoms with van der Waals surface area (Å²) in [5.41, 5.74) is 0.343. The Morgan fingerprint density at radius 2 is 1.91 bits per heavy atom. The zero-order chi connectivity index (χ0) is 22.7. The Morgan fingerprint density at radius 1 is 1.19 bits per heavy atom. The summed E-state index contributed by atoms with van der Waals surface area (Å²) in [7, 11) is 1.54. The van der Waals surface area contributed by atoms with Gasteiger partial charge in [0, 0.05) is 39.3 Å². The minimum atomic E-state index is -0.467. The Bertz CT molecular complexity index is 1040. The molecule has 3 heterocycles. The highest BCUT2D eigenvalue weighted by molar-refractivity contribution is 7.20. The van der Waals surface area contributed by atoms with Crippen LogP contribution >= 0.6 is 11.3 Å². The number of carbonyl (C=O) groups is 2. The first-order valence-electron chi connectivity index (χ1n) is 10.9.